The van der Waals surface area contributed by atoms with E-state index in [0.29, 0.717) is 0 Å². The predicted molar refractivity (Wildman–Crippen MR) is 78.6 cm³/mol. The van der Waals surface area contributed by atoms with Gasteiger partial charge in [0.2, 0.25) is 0 Å². The number of halogens is 1. The maximum Gasteiger partial charge on any atom is 0.123 e. The third kappa shape index (κ3) is 2.37. The molecule has 20 heavy (non-hydrogen) atoms. The van der Waals surface area contributed by atoms with Gasteiger partial charge in [0.15, 0.2) is 0 Å². The molecule has 0 bridgehead atoms. The first kappa shape index (κ1) is 12.7. The maximum absolute atomic E-state index is 13.4. The highest BCUT2D eigenvalue weighted by Gasteiger charge is 2.14. The van der Waals surface area contributed by atoms with Crippen LogP contribution in [0.1, 0.15) is 12.6 Å². The van der Waals surface area contributed by atoms with Gasteiger partial charge in [0, 0.05) is 29.9 Å². The Morgan fingerprint density at radius 2 is 2.25 bits per heavy atom. The van der Waals surface area contributed by atoms with E-state index >= 15 is 0 Å². The summed E-state index contributed by atoms with van der Waals surface area (Å²) >= 11 is 0. The van der Waals surface area contributed by atoms with Crippen molar-refractivity contribution in [3.63, 3.8) is 0 Å². The molecule has 2 aromatic rings. The zero-order chi connectivity index (χ0) is 13.9. The zero-order valence-corrected chi connectivity index (χ0v) is 11.3. The molecule has 0 saturated carbocycles. The van der Waals surface area contributed by atoms with Gasteiger partial charge in [-0.05, 0) is 30.2 Å². The number of hydrogen-bond acceptors (Lipinski definition) is 3. The van der Waals surface area contributed by atoms with E-state index in [0.717, 1.165) is 35.6 Å². The Labute approximate surface area is 117 Å². The SMILES string of the molecule is CCc1cc(N2C=CNC2)c(-c2cccc(F)c2)cn1. The van der Waals surface area contributed by atoms with Gasteiger partial charge in [0.05, 0.1) is 12.4 Å². The van der Waals surface area contributed by atoms with Crippen LogP contribution in [-0.4, -0.2) is 11.7 Å². The fourth-order valence-electron chi connectivity index (χ4n) is 2.31. The normalized spacial score (nSPS) is 13.6. The number of aryl methyl sites for hydroxylation is 1. The minimum absolute atomic E-state index is 0.233. The highest BCUT2D eigenvalue weighted by atomic mass is 19.1. The molecule has 2 heterocycles. The summed E-state index contributed by atoms with van der Waals surface area (Å²) in [5, 5.41) is 3.15. The summed E-state index contributed by atoms with van der Waals surface area (Å²) in [6.45, 7) is 2.79. The summed E-state index contributed by atoms with van der Waals surface area (Å²) in [5.41, 5.74) is 3.86. The molecule has 1 N–H and O–H groups in total. The van der Waals surface area contributed by atoms with Gasteiger partial charge in [-0.15, -0.1) is 0 Å². The second-order valence-electron chi connectivity index (χ2n) is 4.70. The number of hydrogen-bond donors (Lipinski definition) is 1. The maximum atomic E-state index is 13.4. The monoisotopic (exact) mass is 269 g/mol. The van der Waals surface area contributed by atoms with Crippen molar-refractivity contribution in [1.82, 2.24) is 10.3 Å². The van der Waals surface area contributed by atoms with Crippen molar-refractivity contribution in [2.45, 2.75) is 13.3 Å². The van der Waals surface area contributed by atoms with Crippen LogP contribution in [0.4, 0.5) is 10.1 Å². The Morgan fingerprint density at radius 1 is 1.35 bits per heavy atom. The molecule has 0 saturated heterocycles. The van der Waals surface area contributed by atoms with Crippen LogP contribution < -0.4 is 10.2 Å². The van der Waals surface area contributed by atoms with Crippen molar-refractivity contribution in [1.29, 1.82) is 0 Å². The van der Waals surface area contributed by atoms with Crippen LogP contribution in [0.2, 0.25) is 0 Å². The smallest absolute Gasteiger partial charge is 0.123 e. The molecule has 0 spiro atoms. The molecule has 0 aliphatic carbocycles. The molecular weight excluding hydrogens is 253 g/mol. The fraction of sp³-hybridized carbons (Fsp3) is 0.188. The lowest BCUT2D eigenvalue weighted by molar-refractivity contribution is 0.628. The number of aromatic nitrogens is 1. The van der Waals surface area contributed by atoms with Crippen molar-refractivity contribution < 1.29 is 4.39 Å². The van der Waals surface area contributed by atoms with E-state index in [1.807, 2.05) is 24.7 Å². The molecule has 1 aliphatic rings. The second kappa shape index (κ2) is 5.33. The summed E-state index contributed by atoms with van der Waals surface area (Å²) in [7, 11) is 0. The van der Waals surface area contributed by atoms with Gasteiger partial charge in [0.25, 0.3) is 0 Å². The standard InChI is InChI=1S/C16H16FN3/c1-2-14-9-16(20-7-6-18-11-20)15(10-19-14)12-4-3-5-13(17)8-12/h3-10,18H,2,11H2,1H3. The van der Waals surface area contributed by atoms with Gasteiger partial charge in [-0.3, -0.25) is 4.98 Å². The number of anilines is 1. The van der Waals surface area contributed by atoms with Gasteiger partial charge in [0.1, 0.15) is 5.82 Å². The third-order valence-electron chi connectivity index (χ3n) is 3.38. The van der Waals surface area contributed by atoms with E-state index in [1.54, 1.807) is 12.1 Å². The molecular formula is C16H16FN3. The molecule has 4 heteroatoms. The van der Waals surface area contributed by atoms with Crippen molar-refractivity contribution in [3.8, 4) is 11.1 Å². The van der Waals surface area contributed by atoms with Crippen molar-refractivity contribution in [2.24, 2.45) is 0 Å². The van der Waals surface area contributed by atoms with Crippen LogP contribution in [0.25, 0.3) is 11.1 Å². The van der Waals surface area contributed by atoms with E-state index in [1.165, 1.54) is 6.07 Å². The first-order chi connectivity index (χ1) is 9.78. The summed E-state index contributed by atoms with van der Waals surface area (Å²) < 4.78 is 13.4. The summed E-state index contributed by atoms with van der Waals surface area (Å²) in [6, 6.07) is 8.69. The average molecular weight is 269 g/mol. The lowest BCUT2D eigenvalue weighted by atomic mass is 10.0. The van der Waals surface area contributed by atoms with Crippen LogP contribution in [0.5, 0.6) is 0 Å². The van der Waals surface area contributed by atoms with E-state index < -0.39 is 0 Å². The second-order valence-corrected chi connectivity index (χ2v) is 4.70. The quantitative estimate of drug-likeness (QED) is 0.926. The molecule has 3 nitrogen and oxygen atoms in total. The molecule has 0 unspecified atom stereocenters. The van der Waals surface area contributed by atoms with Gasteiger partial charge in [-0.25, -0.2) is 4.39 Å². The fourth-order valence-corrected chi connectivity index (χ4v) is 2.31. The van der Waals surface area contributed by atoms with E-state index in [9.17, 15) is 4.39 Å². The molecule has 3 rings (SSSR count). The summed E-state index contributed by atoms with van der Waals surface area (Å²) in [6.07, 6.45) is 6.59. The van der Waals surface area contributed by atoms with E-state index in [2.05, 4.69) is 28.2 Å². The topological polar surface area (TPSA) is 28.2 Å². The van der Waals surface area contributed by atoms with Gasteiger partial charge < -0.3 is 10.2 Å². The first-order valence-corrected chi connectivity index (χ1v) is 6.69. The Hall–Kier alpha value is -2.36. The molecule has 0 fully saturated rings. The molecule has 1 aliphatic heterocycles. The molecule has 1 aromatic heterocycles. The minimum atomic E-state index is -0.233. The highest BCUT2D eigenvalue weighted by Crippen LogP contribution is 2.32. The van der Waals surface area contributed by atoms with Crippen LogP contribution in [0.3, 0.4) is 0 Å². The van der Waals surface area contributed by atoms with Gasteiger partial charge in [-0.2, -0.15) is 0 Å². The first-order valence-electron chi connectivity index (χ1n) is 6.69. The Kier molecular flexibility index (Phi) is 3.37. The van der Waals surface area contributed by atoms with Crippen LogP contribution in [0.15, 0.2) is 48.9 Å². The average Bonchev–Trinajstić information content (AvgIpc) is 3.01. The highest BCUT2D eigenvalue weighted by molar-refractivity contribution is 5.79. The molecule has 0 radical (unpaired) electrons. The van der Waals surface area contributed by atoms with E-state index in [4.69, 9.17) is 0 Å². The zero-order valence-electron chi connectivity index (χ0n) is 11.3. The van der Waals surface area contributed by atoms with Crippen LogP contribution in [0, 0.1) is 5.82 Å². The Bertz CT molecular complexity index is 652. The van der Waals surface area contributed by atoms with Crippen molar-refractivity contribution in [2.75, 3.05) is 11.6 Å². The third-order valence-corrected chi connectivity index (χ3v) is 3.38. The number of benzene rings is 1. The number of rotatable bonds is 3. The van der Waals surface area contributed by atoms with Crippen LogP contribution >= 0.6 is 0 Å². The number of nitrogens with one attached hydrogen (secondary N) is 1. The molecule has 102 valence electrons. The van der Waals surface area contributed by atoms with Crippen LogP contribution in [-0.2, 0) is 6.42 Å². The molecule has 0 amide bonds. The summed E-state index contributed by atoms with van der Waals surface area (Å²) in [4.78, 5) is 6.54. The molecule has 1 aromatic carbocycles. The number of pyridine rings is 1. The van der Waals surface area contributed by atoms with Gasteiger partial charge >= 0.3 is 0 Å². The lowest BCUT2D eigenvalue weighted by Crippen LogP contribution is -2.20. The van der Waals surface area contributed by atoms with E-state index in [-0.39, 0.29) is 5.82 Å². The Morgan fingerprint density at radius 3 is 2.95 bits per heavy atom. The Balaban J connectivity index is 2.11. The molecule has 0 atom stereocenters. The minimum Gasteiger partial charge on any atom is -0.372 e. The van der Waals surface area contributed by atoms with Crippen molar-refractivity contribution >= 4 is 5.69 Å². The number of nitrogens with zero attached hydrogens (tertiary/aromatic N) is 2. The lowest BCUT2D eigenvalue weighted by Gasteiger charge is -2.20. The van der Waals surface area contributed by atoms with Crippen molar-refractivity contribution in [3.05, 3.63) is 60.4 Å². The summed E-state index contributed by atoms with van der Waals surface area (Å²) in [5.74, 6) is -0.233. The van der Waals surface area contributed by atoms with Gasteiger partial charge in [-0.1, -0.05) is 19.1 Å². The largest absolute Gasteiger partial charge is 0.372 e. The predicted octanol–water partition coefficient (Wildman–Crippen LogP) is 3.29.